The fourth-order valence-corrected chi connectivity index (χ4v) is 4.18. The SMILES string of the molecule is CC(C)(S)[C@H](N[Se]N[C@H](C(=O)O)C(C)(C)S)C(=O)O. The third kappa shape index (κ3) is 6.87. The summed E-state index contributed by atoms with van der Waals surface area (Å²) in [7, 11) is 0. The Morgan fingerprint density at radius 2 is 1.21 bits per heavy atom. The van der Waals surface area contributed by atoms with Crippen LogP contribution in [0.4, 0.5) is 0 Å². The summed E-state index contributed by atoms with van der Waals surface area (Å²) < 4.78 is 4.07. The molecule has 0 spiro atoms. The zero-order chi connectivity index (χ0) is 15.4. The molecule has 0 saturated carbocycles. The molecule has 2 atom stereocenters. The molecule has 0 aromatic carbocycles. The van der Waals surface area contributed by atoms with E-state index in [0.717, 1.165) is 0 Å². The first kappa shape index (κ1) is 19.1. The second-order valence-electron chi connectivity index (χ2n) is 5.19. The van der Waals surface area contributed by atoms with E-state index in [2.05, 4.69) is 33.9 Å². The van der Waals surface area contributed by atoms with Crippen LogP contribution in [0.15, 0.2) is 0 Å². The van der Waals surface area contributed by atoms with Gasteiger partial charge in [0, 0.05) is 0 Å². The number of carboxylic acid groups (broad SMARTS) is 2. The van der Waals surface area contributed by atoms with Crippen LogP contribution in [0, 0.1) is 0 Å². The molecule has 0 radical (unpaired) electrons. The molecule has 6 nitrogen and oxygen atoms in total. The number of rotatable bonds is 8. The van der Waals surface area contributed by atoms with Crippen LogP contribution in [0.5, 0.6) is 0 Å². The van der Waals surface area contributed by atoms with Crippen molar-refractivity contribution in [1.29, 1.82) is 0 Å². The van der Waals surface area contributed by atoms with Crippen LogP contribution in [0.1, 0.15) is 27.7 Å². The molecule has 0 aliphatic rings. The topological polar surface area (TPSA) is 98.7 Å². The van der Waals surface area contributed by atoms with Crippen LogP contribution in [0.25, 0.3) is 0 Å². The molecule has 0 unspecified atom stereocenters. The van der Waals surface area contributed by atoms with Gasteiger partial charge in [-0.25, -0.2) is 0 Å². The van der Waals surface area contributed by atoms with Gasteiger partial charge < -0.3 is 0 Å². The van der Waals surface area contributed by atoms with Gasteiger partial charge in [-0.1, -0.05) is 0 Å². The summed E-state index contributed by atoms with van der Waals surface area (Å²) in [6.45, 7) is 6.70. The Hall–Kier alpha value is 0.0795. The van der Waals surface area contributed by atoms with Crippen molar-refractivity contribution in [3.05, 3.63) is 0 Å². The average molecular weight is 375 g/mol. The summed E-state index contributed by atoms with van der Waals surface area (Å²) in [4.78, 5) is 22.2. The standard InChI is InChI=1S/C10H20N2O4S2Se/c1-9(2,17)5(7(13)14)11-19-12-6(8(15)16)10(3,4)18/h5-6,11-12,17-18H,1-4H3,(H,13,14)(H,15,16)/t5-,6-/m1/s1. The van der Waals surface area contributed by atoms with E-state index < -0.39 is 48.9 Å². The van der Waals surface area contributed by atoms with Gasteiger partial charge in [0.15, 0.2) is 0 Å². The number of aliphatic carboxylic acids is 2. The van der Waals surface area contributed by atoms with Crippen LogP contribution in [-0.2, 0) is 9.59 Å². The van der Waals surface area contributed by atoms with E-state index in [1.54, 1.807) is 27.7 Å². The molecule has 0 saturated heterocycles. The number of carboxylic acids is 2. The molecule has 19 heavy (non-hydrogen) atoms. The van der Waals surface area contributed by atoms with Gasteiger partial charge >= 0.3 is 130 Å². The van der Waals surface area contributed by atoms with Crippen molar-refractivity contribution >= 4 is 52.6 Å². The zero-order valence-corrected chi connectivity index (χ0v) is 14.7. The predicted molar refractivity (Wildman–Crippen MR) is 81.0 cm³/mol. The fraction of sp³-hybridized carbons (Fsp3) is 0.800. The zero-order valence-electron chi connectivity index (χ0n) is 11.2. The quantitative estimate of drug-likeness (QED) is 0.265. The summed E-state index contributed by atoms with van der Waals surface area (Å²) in [5.74, 6) is -2.05. The van der Waals surface area contributed by atoms with Crippen molar-refractivity contribution in [3.63, 3.8) is 0 Å². The number of nitrogens with one attached hydrogen (secondary N) is 2. The third-order valence-electron chi connectivity index (χ3n) is 2.26. The normalized spacial score (nSPS) is 15.9. The summed E-state index contributed by atoms with van der Waals surface area (Å²) >= 11 is 7.87. The van der Waals surface area contributed by atoms with Gasteiger partial charge in [-0.15, -0.1) is 0 Å². The molecular formula is C10H20N2O4S2Se. The number of hydrogen-bond donors (Lipinski definition) is 6. The van der Waals surface area contributed by atoms with E-state index in [1.165, 1.54) is 0 Å². The molecule has 112 valence electrons. The predicted octanol–water partition coefficient (Wildman–Crippen LogP) is 0.0230. The van der Waals surface area contributed by atoms with Gasteiger partial charge in [0.25, 0.3) is 0 Å². The molecule has 0 bridgehead atoms. The summed E-state index contributed by atoms with van der Waals surface area (Å²) in [5, 5.41) is 18.2. The van der Waals surface area contributed by atoms with Gasteiger partial charge in [0.2, 0.25) is 0 Å². The van der Waals surface area contributed by atoms with Crippen LogP contribution in [0.2, 0.25) is 0 Å². The third-order valence-corrected chi connectivity index (χ3v) is 4.26. The fourth-order valence-electron chi connectivity index (χ4n) is 1.15. The summed E-state index contributed by atoms with van der Waals surface area (Å²) in [6.07, 6.45) is 0. The van der Waals surface area contributed by atoms with Gasteiger partial charge in [-0.05, 0) is 0 Å². The monoisotopic (exact) mass is 376 g/mol. The minimum absolute atomic E-state index is 0.563. The average Bonchev–Trinajstić information content (AvgIpc) is 2.11. The van der Waals surface area contributed by atoms with Gasteiger partial charge in [-0.3, -0.25) is 0 Å². The molecule has 4 N–H and O–H groups in total. The van der Waals surface area contributed by atoms with Crippen molar-refractivity contribution in [2.75, 3.05) is 0 Å². The summed E-state index contributed by atoms with van der Waals surface area (Å²) in [6, 6.07) is -1.75. The van der Waals surface area contributed by atoms with E-state index in [4.69, 9.17) is 10.2 Å². The maximum atomic E-state index is 11.1. The molecule has 0 aromatic rings. The Morgan fingerprint density at radius 1 is 0.947 bits per heavy atom. The van der Waals surface area contributed by atoms with Crippen molar-refractivity contribution in [2.45, 2.75) is 49.3 Å². The Balaban J connectivity index is 4.56. The Bertz CT molecular complexity index is 309. The molecular weight excluding hydrogens is 355 g/mol. The van der Waals surface area contributed by atoms with Crippen molar-refractivity contribution < 1.29 is 19.8 Å². The van der Waals surface area contributed by atoms with E-state index in [1.807, 2.05) is 0 Å². The Kier molecular flexibility index (Phi) is 7.22. The van der Waals surface area contributed by atoms with Gasteiger partial charge in [0.05, 0.1) is 0 Å². The van der Waals surface area contributed by atoms with Crippen molar-refractivity contribution in [2.24, 2.45) is 0 Å². The van der Waals surface area contributed by atoms with E-state index >= 15 is 0 Å². The molecule has 9 heteroatoms. The van der Waals surface area contributed by atoms with E-state index in [9.17, 15) is 9.59 Å². The molecule has 0 rings (SSSR count). The number of carbonyl (C=O) groups is 2. The van der Waals surface area contributed by atoms with E-state index in [-0.39, 0.29) is 0 Å². The maximum absolute atomic E-state index is 11.1. The molecule has 0 amide bonds. The van der Waals surface area contributed by atoms with Crippen LogP contribution >= 0.6 is 25.3 Å². The van der Waals surface area contributed by atoms with Crippen LogP contribution < -0.4 is 8.67 Å². The Morgan fingerprint density at radius 3 is 1.37 bits per heavy atom. The van der Waals surface area contributed by atoms with Crippen LogP contribution in [0.3, 0.4) is 0 Å². The van der Waals surface area contributed by atoms with Crippen molar-refractivity contribution in [3.8, 4) is 0 Å². The first-order valence-electron chi connectivity index (χ1n) is 5.44. The second-order valence-corrected chi connectivity index (χ2v) is 8.91. The van der Waals surface area contributed by atoms with Crippen LogP contribution in [-0.4, -0.2) is 59.1 Å². The van der Waals surface area contributed by atoms with Gasteiger partial charge in [0.1, 0.15) is 0 Å². The molecule has 0 fully saturated rings. The van der Waals surface area contributed by atoms with E-state index in [0.29, 0.717) is 0 Å². The molecule has 0 heterocycles. The minimum atomic E-state index is -1.03. The van der Waals surface area contributed by atoms with Crippen molar-refractivity contribution in [1.82, 2.24) is 8.67 Å². The van der Waals surface area contributed by atoms with Gasteiger partial charge in [-0.2, -0.15) is 0 Å². The Labute approximate surface area is 130 Å². The number of thiol groups is 2. The first-order chi connectivity index (χ1) is 8.37. The second kappa shape index (κ2) is 7.19. The molecule has 0 aromatic heterocycles. The summed E-state index contributed by atoms with van der Waals surface area (Å²) in [5.41, 5.74) is 0. The molecule has 0 aliphatic heterocycles. The number of hydrogen-bond acceptors (Lipinski definition) is 6. The molecule has 0 aliphatic carbocycles. The first-order valence-corrected chi connectivity index (χ1v) is 8.05.